The van der Waals surface area contributed by atoms with E-state index >= 15 is 0 Å². The van der Waals surface area contributed by atoms with Crippen LogP contribution >= 0.6 is 11.6 Å². The van der Waals surface area contributed by atoms with E-state index in [1.54, 1.807) is 12.1 Å². The number of benzene rings is 2. The Bertz CT molecular complexity index is 980. The summed E-state index contributed by atoms with van der Waals surface area (Å²) < 4.78 is 4.83. The van der Waals surface area contributed by atoms with Gasteiger partial charge in [-0.1, -0.05) is 23.7 Å². The minimum atomic E-state index is -0.532. The van der Waals surface area contributed by atoms with E-state index in [-0.39, 0.29) is 16.9 Å². The maximum absolute atomic E-state index is 13.0. The molecule has 0 spiro atoms. The van der Waals surface area contributed by atoms with Crippen LogP contribution in [0.4, 0.5) is 5.69 Å². The number of hydrogen-bond acceptors (Lipinski definition) is 3. The van der Waals surface area contributed by atoms with Gasteiger partial charge in [-0.15, -0.1) is 0 Å². The van der Waals surface area contributed by atoms with Gasteiger partial charge >= 0.3 is 5.97 Å². The summed E-state index contributed by atoms with van der Waals surface area (Å²) in [6.45, 7) is 0. The second-order valence-electron chi connectivity index (χ2n) is 9.41. The van der Waals surface area contributed by atoms with Gasteiger partial charge in [0.25, 0.3) is 5.91 Å². The highest BCUT2D eigenvalue weighted by Gasteiger charge is 2.51. The van der Waals surface area contributed by atoms with Gasteiger partial charge in [0.15, 0.2) is 0 Å². The van der Waals surface area contributed by atoms with Gasteiger partial charge in [-0.25, -0.2) is 4.79 Å². The maximum Gasteiger partial charge on any atom is 0.340 e. The Morgan fingerprint density at radius 3 is 2.30 bits per heavy atom. The van der Waals surface area contributed by atoms with Gasteiger partial charge in [-0.05, 0) is 97.6 Å². The molecule has 30 heavy (non-hydrogen) atoms. The molecule has 0 atom stereocenters. The molecule has 4 bridgehead atoms. The van der Waals surface area contributed by atoms with Gasteiger partial charge in [0.1, 0.15) is 0 Å². The molecule has 2 aromatic carbocycles. The van der Waals surface area contributed by atoms with Crippen LogP contribution in [0.5, 0.6) is 0 Å². The molecule has 0 aromatic heterocycles. The first-order chi connectivity index (χ1) is 14.5. The molecule has 4 aliphatic rings. The van der Waals surface area contributed by atoms with E-state index in [0.717, 1.165) is 17.8 Å². The molecule has 4 saturated carbocycles. The van der Waals surface area contributed by atoms with E-state index in [4.69, 9.17) is 16.3 Å². The van der Waals surface area contributed by atoms with E-state index in [9.17, 15) is 9.59 Å². The van der Waals surface area contributed by atoms with Crippen LogP contribution in [-0.4, -0.2) is 19.0 Å². The highest BCUT2D eigenvalue weighted by atomic mass is 35.5. The molecule has 0 unspecified atom stereocenters. The lowest BCUT2D eigenvalue weighted by atomic mass is 9.48. The normalized spacial score (nSPS) is 28.9. The number of carbonyl (C=O) groups is 2. The number of rotatable bonds is 4. The third-order valence-corrected chi connectivity index (χ3v) is 7.65. The van der Waals surface area contributed by atoms with Gasteiger partial charge in [0.05, 0.1) is 18.4 Å². The zero-order chi connectivity index (χ0) is 20.9. The minimum Gasteiger partial charge on any atom is -0.465 e. The molecule has 2 aromatic rings. The van der Waals surface area contributed by atoms with Crippen LogP contribution in [-0.2, 0) is 10.2 Å². The van der Waals surface area contributed by atoms with Crippen LogP contribution in [0.25, 0.3) is 0 Å². The predicted octanol–water partition coefficient (Wildman–Crippen LogP) is 5.85. The number of ether oxygens (including phenoxy) is 1. The fourth-order valence-electron chi connectivity index (χ4n) is 6.55. The van der Waals surface area contributed by atoms with Crippen molar-refractivity contribution in [2.75, 3.05) is 12.4 Å². The van der Waals surface area contributed by atoms with Crippen LogP contribution in [0.2, 0.25) is 5.02 Å². The van der Waals surface area contributed by atoms with Crippen molar-refractivity contribution in [3.63, 3.8) is 0 Å². The summed E-state index contributed by atoms with van der Waals surface area (Å²) in [6.07, 6.45) is 7.96. The third-order valence-electron chi connectivity index (χ3n) is 7.41. The summed E-state index contributed by atoms with van der Waals surface area (Å²) in [6, 6.07) is 12.9. The quantitative estimate of drug-likeness (QED) is 0.628. The smallest absolute Gasteiger partial charge is 0.340 e. The molecule has 0 heterocycles. The molecule has 0 aliphatic heterocycles. The standard InChI is InChI=1S/C25H26ClNO3/c1-30-24(29)21-11-20(26)5-6-22(21)27-23(28)18-3-2-4-19(10-18)25-12-15-7-16(13-25)9-17(8-15)14-25/h2-6,10-11,15-17H,7-9,12-14H2,1H3,(H,27,28). The Morgan fingerprint density at radius 2 is 1.67 bits per heavy atom. The Labute approximate surface area is 182 Å². The highest BCUT2D eigenvalue weighted by Crippen LogP contribution is 2.60. The fraction of sp³-hybridized carbons (Fsp3) is 0.440. The van der Waals surface area contributed by atoms with E-state index in [1.807, 2.05) is 12.1 Å². The predicted molar refractivity (Wildman–Crippen MR) is 117 cm³/mol. The van der Waals surface area contributed by atoms with Crippen molar-refractivity contribution >= 4 is 29.2 Å². The van der Waals surface area contributed by atoms with Crippen molar-refractivity contribution in [1.29, 1.82) is 0 Å². The van der Waals surface area contributed by atoms with Crippen molar-refractivity contribution in [2.45, 2.75) is 43.9 Å². The topological polar surface area (TPSA) is 55.4 Å². The Balaban J connectivity index is 1.42. The van der Waals surface area contributed by atoms with Gasteiger partial charge in [0, 0.05) is 10.6 Å². The maximum atomic E-state index is 13.0. The first-order valence-corrected chi connectivity index (χ1v) is 11.1. The minimum absolute atomic E-state index is 0.228. The zero-order valence-electron chi connectivity index (χ0n) is 17.1. The van der Waals surface area contributed by atoms with E-state index in [2.05, 4.69) is 17.4 Å². The van der Waals surface area contributed by atoms with Crippen molar-refractivity contribution in [1.82, 2.24) is 0 Å². The van der Waals surface area contributed by atoms with Crippen LogP contribution in [0.1, 0.15) is 64.8 Å². The number of hydrogen-bond donors (Lipinski definition) is 1. The Kier molecular flexibility index (Phi) is 4.85. The van der Waals surface area contributed by atoms with E-state index < -0.39 is 5.97 Å². The van der Waals surface area contributed by atoms with Gasteiger partial charge in [-0.2, -0.15) is 0 Å². The molecule has 4 nitrogen and oxygen atoms in total. The zero-order valence-corrected chi connectivity index (χ0v) is 17.9. The average molecular weight is 424 g/mol. The highest BCUT2D eigenvalue weighted by molar-refractivity contribution is 6.31. The molecular weight excluding hydrogens is 398 g/mol. The molecule has 1 amide bonds. The first-order valence-electron chi connectivity index (χ1n) is 10.8. The van der Waals surface area contributed by atoms with Crippen molar-refractivity contribution < 1.29 is 14.3 Å². The van der Waals surface area contributed by atoms with E-state index in [0.29, 0.717) is 16.3 Å². The summed E-state index contributed by atoms with van der Waals surface area (Å²) in [5.74, 6) is 1.80. The van der Waals surface area contributed by atoms with Gasteiger partial charge < -0.3 is 10.1 Å². The SMILES string of the molecule is COC(=O)c1cc(Cl)ccc1NC(=O)c1cccc(C23CC4CC(CC(C4)C2)C3)c1. The fourth-order valence-corrected chi connectivity index (χ4v) is 6.73. The second-order valence-corrected chi connectivity index (χ2v) is 9.85. The van der Waals surface area contributed by atoms with Crippen LogP contribution in [0.3, 0.4) is 0 Å². The summed E-state index contributed by atoms with van der Waals surface area (Å²) in [4.78, 5) is 25.1. The van der Waals surface area contributed by atoms with Gasteiger partial charge in [-0.3, -0.25) is 4.79 Å². The van der Waals surface area contributed by atoms with Crippen molar-refractivity contribution in [3.05, 3.63) is 64.2 Å². The molecule has 6 rings (SSSR count). The lowest BCUT2D eigenvalue weighted by Crippen LogP contribution is -2.48. The number of carbonyl (C=O) groups excluding carboxylic acids is 2. The average Bonchev–Trinajstić information content (AvgIpc) is 2.73. The molecule has 156 valence electrons. The molecule has 0 radical (unpaired) electrons. The second kappa shape index (κ2) is 7.42. The Morgan fingerprint density at radius 1 is 1.00 bits per heavy atom. The largest absolute Gasteiger partial charge is 0.465 e. The number of methoxy groups -OCH3 is 1. The van der Waals surface area contributed by atoms with Crippen molar-refractivity contribution in [3.8, 4) is 0 Å². The number of halogens is 1. The summed E-state index contributed by atoms with van der Waals surface area (Å²) in [5.41, 5.74) is 2.81. The Hall–Kier alpha value is -2.33. The summed E-state index contributed by atoms with van der Waals surface area (Å²) >= 11 is 6.02. The third kappa shape index (κ3) is 3.41. The van der Waals surface area contributed by atoms with Crippen molar-refractivity contribution in [2.24, 2.45) is 17.8 Å². The van der Waals surface area contributed by atoms with Crippen LogP contribution in [0, 0.1) is 17.8 Å². The van der Waals surface area contributed by atoms with Gasteiger partial charge in [0.2, 0.25) is 0 Å². The van der Waals surface area contributed by atoms with E-state index in [1.165, 1.54) is 57.3 Å². The molecule has 5 heteroatoms. The number of amides is 1. The first kappa shape index (κ1) is 19.6. The summed E-state index contributed by atoms with van der Waals surface area (Å²) in [7, 11) is 1.31. The number of anilines is 1. The molecule has 1 N–H and O–H groups in total. The monoisotopic (exact) mass is 423 g/mol. The lowest BCUT2D eigenvalue weighted by Gasteiger charge is -2.57. The van der Waals surface area contributed by atoms with Crippen LogP contribution in [0.15, 0.2) is 42.5 Å². The van der Waals surface area contributed by atoms with Crippen LogP contribution < -0.4 is 5.32 Å². The molecule has 4 fully saturated rings. The number of nitrogens with one attached hydrogen (secondary N) is 1. The lowest BCUT2D eigenvalue weighted by molar-refractivity contribution is -0.00520. The molecular formula is C25H26ClNO3. The molecule has 0 saturated heterocycles. The molecule has 4 aliphatic carbocycles. The number of esters is 1. The summed E-state index contributed by atoms with van der Waals surface area (Å²) in [5, 5.41) is 3.29.